The summed E-state index contributed by atoms with van der Waals surface area (Å²) in [5.41, 5.74) is 6.52. The van der Waals surface area contributed by atoms with Gasteiger partial charge in [-0.2, -0.15) is 0 Å². The van der Waals surface area contributed by atoms with E-state index in [0.717, 1.165) is 18.4 Å². The number of aliphatic hydroxyl groups is 1. The lowest BCUT2D eigenvalue weighted by molar-refractivity contribution is -0.133. The van der Waals surface area contributed by atoms with E-state index in [1.807, 2.05) is 24.3 Å². The van der Waals surface area contributed by atoms with Crippen LogP contribution in [0.5, 0.6) is 5.75 Å². The molecule has 0 radical (unpaired) electrons. The summed E-state index contributed by atoms with van der Waals surface area (Å²) in [6, 6.07) is 7.46. The summed E-state index contributed by atoms with van der Waals surface area (Å²) in [6.45, 7) is 1.08. The molecule has 1 fully saturated rings. The number of ether oxygens (including phenoxy) is 1. The van der Waals surface area contributed by atoms with Gasteiger partial charge in [0.05, 0.1) is 6.10 Å². The first kappa shape index (κ1) is 14.8. The molecule has 0 unspecified atom stereocenters. The number of para-hydroxylation sites is 1. The van der Waals surface area contributed by atoms with Crippen LogP contribution < -0.4 is 10.5 Å². The van der Waals surface area contributed by atoms with Gasteiger partial charge in [-0.15, -0.1) is 0 Å². The molecule has 0 aliphatic heterocycles. The van der Waals surface area contributed by atoms with Gasteiger partial charge in [0.1, 0.15) is 5.75 Å². The predicted molar refractivity (Wildman–Crippen MR) is 76.2 cm³/mol. The van der Waals surface area contributed by atoms with Crippen molar-refractivity contribution in [1.82, 2.24) is 4.90 Å². The molecule has 0 heterocycles. The van der Waals surface area contributed by atoms with Crippen molar-refractivity contribution in [3.8, 4) is 5.75 Å². The highest BCUT2D eigenvalue weighted by Gasteiger charge is 2.29. The Morgan fingerprint density at radius 3 is 2.80 bits per heavy atom. The number of rotatable bonds is 6. The monoisotopic (exact) mass is 278 g/mol. The van der Waals surface area contributed by atoms with Crippen molar-refractivity contribution in [2.75, 3.05) is 20.2 Å². The second-order valence-electron chi connectivity index (χ2n) is 5.37. The largest absolute Gasteiger partial charge is 0.483 e. The van der Waals surface area contributed by atoms with Crippen molar-refractivity contribution in [2.24, 2.45) is 11.7 Å². The van der Waals surface area contributed by atoms with Crippen LogP contribution in [-0.2, 0) is 11.3 Å². The predicted octanol–water partition coefficient (Wildman–Crippen LogP) is 0.753. The third-order valence-electron chi connectivity index (χ3n) is 3.71. The van der Waals surface area contributed by atoms with E-state index in [0.29, 0.717) is 24.8 Å². The SMILES string of the molecule is CN(CC1CC(O)C1)C(=O)COc1ccccc1CN. The fourth-order valence-corrected chi connectivity index (χ4v) is 2.40. The molecule has 0 bridgehead atoms. The molecule has 0 aromatic heterocycles. The second-order valence-corrected chi connectivity index (χ2v) is 5.37. The summed E-state index contributed by atoms with van der Waals surface area (Å²) >= 11 is 0. The first-order valence-electron chi connectivity index (χ1n) is 6.93. The van der Waals surface area contributed by atoms with Crippen molar-refractivity contribution in [3.05, 3.63) is 29.8 Å². The third kappa shape index (κ3) is 3.71. The van der Waals surface area contributed by atoms with E-state index in [9.17, 15) is 9.90 Å². The van der Waals surface area contributed by atoms with E-state index in [4.69, 9.17) is 10.5 Å². The Hall–Kier alpha value is -1.59. The summed E-state index contributed by atoms with van der Waals surface area (Å²) in [6.07, 6.45) is 1.39. The molecular weight excluding hydrogens is 256 g/mol. The normalized spacial score (nSPS) is 21.1. The Balaban J connectivity index is 1.79. The maximum absolute atomic E-state index is 12.0. The van der Waals surface area contributed by atoms with Gasteiger partial charge in [0.2, 0.25) is 0 Å². The number of benzene rings is 1. The maximum atomic E-state index is 12.0. The minimum absolute atomic E-state index is 0.0167. The summed E-state index contributed by atoms with van der Waals surface area (Å²) in [4.78, 5) is 13.6. The molecule has 1 saturated carbocycles. The third-order valence-corrected chi connectivity index (χ3v) is 3.71. The molecule has 0 atom stereocenters. The van der Waals surface area contributed by atoms with Gasteiger partial charge in [0.15, 0.2) is 6.61 Å². The van der Waals surface area contributed by atoms with Gasteiger partial charge < -0.3 is 20.5 Å². The van der Waals surface area contributed by atoms with Crippen LogP contribution in [0.2, 0.25) is 0 Å². The van der Waals surface area contributed by atoms with Crippen LogP contribution in [0.3, 0.4) is 0 Å². The van der Waals surface area contributed by atoms with Crippen LogP contribution in [-0.4, -0.2) is 42.2 Å². The Morgan fingerprint density at radius 1 is 1.45 bits per heavy atom. The number of carbonyl (C=O) groups excluding carboxylic acids is 1. The molecule has 0 saturated heterocycles. The number of likely N-dealkylation sites (N-methyl/N-ethyl adjacent to an activating group) is 1. The Kier molecular flexibility index (Phi) is 4.98. The lowest BCUT2D eigenvalue weighted by atomic mass is 9.82. The summed E-state index contributed by atoms with van der Waals surface area (Å²) in [7, 11) is 1.77. The van der Waals surface area contributed by atoms with Crippen molar-refractivity contribution >= 4 is 5.91 Å². The molecule has 20 heavy (non-hydrogen) atoms. The highest BCUT2D eigenvalue weighted by molar-refractivity contribution is 5.77. The molecule has 1 aliphatic carbocycles. The quantitative estimate of drug-likeness (QED) is 0.805. The van der Waals surface area contributed by atoms with Crippen LogP contribution >= 0.6 is 0 Å². The van der Waals surface area contributed by atoms with Gasteiger partial charge in [0.25, 0.3) is 5.91 Å². The van der Waals surface area contributed by atoms with Gasteiger partial charge in [0, 0.05) is 25.7 Å². The standard InChI is InChI=1S/C15H22N2O3/c1-17(9-11-6-13(18)7-11)15(19)10-20-14-5-3-2-4-12(14)8-16/h2-5,11,13,18H,6-10,16H2,1H3. The fraction of sp³-hybridized carbons (Fsp3) is 0.533. The van der Waals surface area contributed by atoms with E-state index in [-0.39, 0.29) is 18.6 Å². The second kappa shape index (κ2) is 6.72. The molecule has 3 N–H and O–H groups in total. The molecule has 1 aromatic carbocycles. The summed E-state index contributed by atoms with van der Waals surface area (Å²) in [5.74, 6) is 1.02. The molecule has 5 nitrogen and oxygen atoms in total. The van der Waals surface area contributed by atoms with E-state index in [1.165, 1.54) is 0 Å². The first-order chi connectivity index (χ1) is 9.60. The number of amides is 1. The number of nitrogens with zero attached hydrogens (tertiary/aromatic N) is 1. The molecule has 1 amide bonds. The van der Waals surface area contributed by atoms with Gasteiger partial charge in [-0.25, -0.2) is 0 Å². The molecule has 0 spiro atoms. The van der Waals surface area contributed by atoms with Gasteiger partial charge in [-0.3, -0.25) is 4.79 Å². The van der Waals surface area contributed by atoms with Crippen LogP contribution in [0.1, 0.15) is 18.4 Å². The summed E-state index contributed by atoms with van der Waals surface area (Å²) in [5, 5.41) is 9.24. The zero-order valence-corrected chi connectivity index (χ0v) is 11.8. The zero-order chi connectivity index (χ0) is 14.5. The van der Waals surface area contributed by atoms with Crippen LogP contribution in [0.15, 0.2) is 24.3 Å². The summed E-state index contributed by atoms with van der Waals surface area (Å²) < 4.78 is 5.54. The molecule has 2 rings (SSSR count). The van der Waals surface area contributed by atoms with Crippen molar-refractivity contribution in [3.63, 3.8) is 0 Å². The van der Waals surface area contributed by atoms with E-state index >= 15 is 0 Å². The van der Waals surface area contributed by atoms with Gasteiger partial charge >= 0.3 is 0 Å². The van der Waals surface area contributed by atoms with E-state index < -0.39 is 0 Å². The van der Waals surface area contributed by atoms with Gasteiger partial charge in [-0.1, -0.05) is 18.2 Å². The average Bonchev–Trinajstić information content (AvgIpc) is 2.43. The Morgan fingerprint density at radius 2 is 2.15 bits per heavy atom. The highest BCUT2D eigenvalue weighted by Crippen LogP contribution is 2.27. The molecule has 110 valence electrons. The van der Waals surface area contributed by atoms with E-state index in [1.54, 1.807) is 11.9 Å². The molecule has 5 heteroatoms. The minimum atomic E-state index is -0.184. The van der Waals surface area contributed by atoms with Gasteiger partial charge in [-0.05, 0) is 24.8 Å². The molecular formula is C15H22N2O3. The van der Waals surface area contributed by atoms with Crippen LogP contribution in [0.4, 0.5) is 0 Å². The Bertz CT molecular complexity index is 458. The Labute approximate surface area is 119 Å². The molecule has 1 aromatic rings. The smallest absolute Gasteiger partial charge is 0.260 e. The number of nitrogens with two attached hydrogens (primary N) is 1. The van der Waals surface area contributed by atoms with Crippen molar-refractivity contribution in [1.29, 1.82) is 0 Å². The lowest BCUT2D eigenvalue weighted by Crippen LogP contribution is -2.41. The number of hydrogen-bond acceptors (Lipinski definition) is 4. The topological polar surface area (TPSA) is 75.8 Å². The maximum Gasteiger partial charge on any atom is 0.260 e. The van der Waals surface area contributed by atoms with Crippen molar-refractivity contribution < 1.29 is 14.6 Å². The fourth-order valence-electron chi connectivity index (χ4n) is 2.40. The highest BCUT2D eigenvalue weighted by atomic mass is 16.5. The molecule has 1 aliphatic rings. The lowest BCUT2D eigenvalue weighted by Gasteiger charge is -2.34. The number of carbonyl (C=O) groups is 1. The number of hydrogen-bond donors (Lipinski definition) is 2. The van der Waals surface area contributed by atoms with Crippen molar-refractivity contribution in [2.45, 2.75) is 25.5 Å². The van der Waals surface area contributed by atoms with Crippen LogP contribution in [0.25, 0.3) is 0 Å². The number of aliphatic hydroxyl groups excluding tert-OH is 1. The minimum Gasteiger partial charge on any atom is -0.483 e. The van der Waals surface area contributed by atoms with Crippen LogP contribution in [0, 0.1) is 5.92 Å². The first-order valence-corrected chi connectivity index (χ1v) is 6.93. The average molecular weight is 278 g/mol. The van der Waals surface area contributed by atoms with E-state index in [2.05, 4.69) is 0 Å². The zero-order valence-electron chi connectivity index (χ0n) is 11.8.